The van der Waals surface area contributed by atoms with E-state index in [9.17, 15) is 14.4 Å². The van der Waals surface area contributed by atoms with Crippen LogP contribution >= 0.6 is 23.2 Å². The van der Waals surface area contributed by atoms with Crippen LogP contribution < -0.4 is 4.90 Å². The third-order valence-electron chi connectivity index (χ3n) is 5.15. The Kier molecular flexibility index (Phi) is 7.16. The molecule has 0 N–H and O–H groups in total. The Balaban J connectivity index is 1.71. The van der Waals surface area contributed by atoms with Crippen LogP contribution in [0.5, 0.6) is 0 Å². The molecule has 0 bridgehead atoms. The molecule has 0 unspecified atom stereocenters. The summed E-state index contributed by atoms with van der Waals surface area (Å²) in [5, 5.41) is 0.508. The maximum atomic E-state index is 12.8. The molecule has 30 heavy (non-hydrogen) atoms. The molecule has 2 aromatic carbocycles. The highest BCUT2D eigenvalue weighted by Crippen LogP contribution is 2.29. The molecule has 2 aromatic rings. The smallest absolute Gasteiger partial charge is 0.312 e. The number of carbonyl (C=O) groups is 3. The van der Waals surface area contributed by atoms with E-state index in [0.717, 1.165) is 16.8 Å². The Morgan fingerprint density at radius 1 is 1.17 bits per heavy atom. The maximum Gasteiger partial charge on any atom is 0.312 e. The fourth-order valence-electron chi connectivity index (χ4n) is 3.59. The number of anilines is 1. The average molecular weight is 448 g/mol. The van der Waals surface area contributed by atoms with Crippen LogP contribution in [0.15, 0.2) is 42.5 Å². The lowest BCUT2D eigenvalue weighted by molar-refractivity contribution is -0.151. The molecule has 158 valence electrons. The van der Waals surface area contributed by atoms with Crippen LogP contribution in [0.1, 0.15) is 34.3 Å². The monoisotopic (exact) mass is 447 g/mol. The molecule has 7 heteroatoms. The fraction of sp³-hybridized carbons (Fsp3) is 0.348. The Labute approximate surface area is 185 Å². The van der Waals surface area contributed by atoms with Gasteiger partial charge in [0.2, 0.25) is 11.7 Å². The first-order valence-corrected chi connectivity index (χ1v) is 10.6. The number of carbonyl (C=O) groups excluding carboxylic acids is 3. The second-order valence-corrected chi connectivity index (χ2v) is 8.28. The molecule has 3 rings (SSSR count). The molecule has 2 atom stereocenters. The molecule has 5 nitrogen and oxygen atoms in total. The topological polar surface area (TPSA) is 63.7 Å². The third kappa shape index (κ3) is 5.02. The van der Waals surface area contributed by atoms with Crippen LogP contribution in [0.3, 0.4) is 0 Å². The van der Waals surface area contributed by atoms with Crippen molar-refractivity contribution in [3.63, 3.8) is 0 Å². The number of alkyl halides is 1. The van der Waals surface area contributed by atoms with Crippen molar-refractivity contribution in [2.45, 2.75) is 32.8 Å². The molecule has 0 spiro atoms. The molecular formula is C23H23Cl2NO4. The highest BCUT2D eigenvalue weighted by Gasteiger charge is 2.38. The van der Waals surface area contributed by atoms with E-state index < -0.39 is 18.0 Å². The molecule has 1 aliphatic heterocycles. The van der Waals surface area contributed by atoms with Crippen molar-refractivity contribution < 1.29 is 19.1 Å². The standard InChI is InChI=1S/C23H23Cl2NO4/c1-14-3-8-19(15(2)11-14)26-13-17(12-21(26)27)23(29)30-20(9-10-24)22(28)16-4-6-18(25)7-5-16/h3-8,11,17,20H,9-10,12-13H2,1-2H3/t17-,20+/m1/s1. The van der Waals surface area contributed by atoms with E-state index in [1.54, 1.807) is 29.2 Å². The first-order chi connectivity index (χ1) is 14.3. The summed E-state index contributed by atoms with van der Waals surface area (Å²) < 4.78 is 5.52. The molecule has 1 fully saturated rings. The maximum absolute atomic E-state index is 12.8. The average Bonchev–Trinajstić information content (AvgIpc) is 3.09. The van der Waals surface area contributed by atoms with Crippen molar-refractivity contribution >= 4 is 46.5 Å². The second kappa shape index (κ2) is 9.63. The van der Waals surface area contributed by atoms with Gasteiger partial charge in [0, 0.05) is 41.5 Å². The van der Waals surface area contributed by atoms with E-state index in [4.69, 9.17) is 27.9 Å². The van der Waals surface area contributed by atoms with Crippen LogP contribution in [0.2, 0.25) is 5.02 Å². The number of Topliss-reactive ketones (excluding diaryl/α,β-unsaturated/α-hetero) is 1. The van der Waals surface area contributed by atoms with Crippen molar-refractivity contribution in [1.82, 2.24) is 0 Å². The Morgan fingerprint density at radius 3 is 2.50 bits per heavy atom. The van der Waals surface area contributed by atoms with E-state index in [2.05, 4.69) is 0 Å². The third-order valence-corrected chi connectivity index (χ3v) is 5.62. The number of benzene rings is 2. The van der Waals surface area contributed by atoms with Crippen molar-refractivity contribution in [1.29, 1.82) is 0 Å². The van der Waals surface area contributed by atoms with Gasteiger partial charge in [0.05, 0.1) is 5.92 Å². The SMILES string of the molecule is Cc1ccc(N2C[C@H](C(=O)O[C@@H](CCCl)C(=O)c3ccc(Cl)cc3)CC2=O)c(C)c1. The van der Waals surface area contributed by atoms with E-state index in [-0.39, 0.29) is 37.0 Å². The largest absolute Gasteiger partial charge is 0.454 e. The van der Waals surface area contributed by atoms with Crippen LogP contribution in [0.4, 0.5) is 5.69 Å². The lowest BCUT2D eigenvalue weighted by Crippen LogP contribution is -2.32. The number of hydrogen-bond donors (Lipinski definition) is 0. The summed E-state index contributed by atoms with van der Waals surface area (Å²) >= 11 is 11.7. The van der Waals surface area contributed by atoms with Crippen LogP contribution in [0, 0.1) is 19.8 Å². The van der Waals surface area contributed by atoms with E-state index in [1.165, 1.54) is 0 Å². The van der Waals surface area contributed by atoms with Crippen molar-refractivity contribution in [2.75, 3.05) is 17.3 Å². The minimum Gasteiger partial charge on any atom is -0.454 e. The van der Waals surface area contributed by atoms with Crippen molar-refractivity contribution in [3.8, 4) is 0 Å². The molecule has 1 amide bonds. The van der Waals surface area contributed by atoms with Gasteiger partial charge in [0.15, 0.2) is 6.10 Å². The summed E-state index contributed by atoms with van der Waals surface area (Å²) in [5.74, 6) is -1.50. The number of amides is 1. The molecule has 0 aromatic heterocycles. The minimum absolute atomic E-state index is 0.0505. The summed E-state index contributed by atoms with van der Waals surface area (Å²) in [6.45, 7) is 4.14. The number of ether oxygens (including phenoxy) is 1. The van der Waals surface area contributed by atoms with Crippen LogP contribution in [-0.4, -0.2) is 36.2 Å². The van der Waals surface area contributed by atoms with Gasteiger partial charge in [-0.2, -0.15) is 0 Å². The Bertz CT molecular complexity index is 958. The second-order valence-electron chi connectivity index (χ2n) is 7.47. The summed E-state index contributed by atoms with van der Waals surface area (Å²) in [6, 6.07) is 12.2. The number of esters is 1. The molecular weight excluding hydrogens is 425 g/mol. The fourth-order valence-corrected chi connectivity index (χ4v) is 3.91. The number of aryl methyl sites for hydroxylation is 2. The minimum atomic E-state index is -0.999. The highest BCUT2D eigenvalue weighted by atomic mass is 35.5. The number of ketones is 1. The lowest BCUT2D eigenvalue weighted by atomic mass is 10.0. The summed E-state index contributed by atoms with van der Waals surface area (Å²) in [4.78, 5) is 39.7. The normalized spacial score (nSPS) is 17.1. The molecule has 1 heterocycles. The molecule has 0 saturated carbocycles. The predicted octanol–water partition coefficient (Wildman–Crippen LogP) is 4.73. The van der Waals surface area contributed by atoms with Gasteiger partial charge in [0.25, 0.3) is 0 Å². The summed E-state index contributed by atoms with van der Waals surface area (Å²) in [6.07, 6.45) is -0.758. The van der Waals surface area contributed by atoms with E-state index in [0.29, 0.717) is 10.6 Å². The van der Waals surface area contributed by atoms with Crippen molar-refractivity contribution in [2.24, 2.45) is 5.92 Å². The number of halogens is 2. The quantitative estimate of drug-likeness (QED) is 0.349. The number of nitrogens with zero attached hydrogens (tertiary/aromatic N) is 1. The molecule has 1 saturated heterocycles. The van der Waals surface area contributed by atoms with Gasteiger partial charge in [-0.15, -0.1) is 11.6 Å². The Hall–Kier alpha value is -2.37. The predicted molar refractivity (Wildman–Crippen MR) is 117 cm³/mol. The first kappa shape index (κ1) is 22.3. The first-order valence-electron chi connectivity index (χ1n) is 9.74. The lowest BCUT2D eigenvalue weighted by Gasteiger charge is -2.20. The van der Waals surface area contributed by atoms with Crippen LogP contribution in [0.25, 0.3) is 0 Å². The zero-order valence-corrected chi connectivity index (χ0v) is 18.4. The van der Waals surface area contributed by atoms with Gasteiger partial charge in [-0.05, 0) is 49.7 Å². The summed E-state index contributed by atoms with van der Waals surface area (Å²) in [7, 11) is 0. The zero-order chi connectivity index (χ0) is 21.8. The Morgan fingerprint density at radius 2 is 1.87 bits per heavy atom. The molecule has 0 aliphatic carbocycles. The zero-order valence-electron chi connectivity index (χ0n) is 16.9. The van der Waals surface area contributed by atoms with E-state index >= 15 is 0 Å². The summed E-state index contributed by atoms with van der Waals surface area (Å²) in [5.41, 5.74) is 3.25. The molecule has 1 aliphatic rings. The number of rotatable bonds is 7. The van der Waals surface area contributed by atoms with Gasteiger partial charge in [-0.3, -0.25) is 14.4 Å². The molecule has 0 radical (unpaired) electrons. The highest BCUT2D eigenvalue weighted by molar-refractivity contribution is 6.30. The van der Waals surface area contributed by atoms with Gasteiger partial charge in [-0.25, -0.2) is 0 Å². The van der Waals surface area contributed by atoms with E-state index in [1.807, 2.05) is 32.0 Å². The van der Waals surface area contributed by atoms with Gasteiger partial charge >= 0.3 is 5.97 Å². The van der Waals surface area contributed by atoms with Crippen molar-refractivity contribution in [3.05, 3.63) is 64.2 Å². The van der Waals surface area contributed by atoms with Gasteiger partial charge in [0.1, 0.15) is 0 Å². The van der Waals surface area contributed by atoms with Crippen LogP contribution in [-0.2, 0) is 14.3 Å². The number of hydrogen-bond acceptors (Lipinski definition) is 4. The van der Waals surface area contributed by atoms with Gasteiger partial charge < -0.3 is 9.64 Å². The van der Waals surface area contributed by atoms with Gasteiger partial charge in [-0.1, -0.05) is 29.3 Å².